The smallest absolute Gasteiger partial charge is 0.242 e. The van der Waals surface area contributed by atoms with Crippen LogP contribution in [0.3, 0.4) is 0 Å². The number of nitrogens with one attached hydrogen (secondary N) is 1. The fourth-order valence-corrected chi connectivity index (χ4v) is 4.46. The third-order valence-electron chi connectivity index (χ3n) is 5.27. The Morgan fingerprint density at radius 2 is 1.81 bits per heavy atom. The molecule has 0 aliphatic rings. The Hall–Kier alpha value is -1.69. The van der Waals surface area contributed by atoms with Gasteiger partial charge in [0.2, 0.25) is 11.8 Å². The van der Waals surface area contributed by atoms with Gasteiger partial charge in [-0.05, 0) is 56.0 Å². The summed E-state index contributed by atoms with van der Waals surface area (Å²) in [5, 5.41) is 4.16. The first-order valence-electron chi connectivity index (χ1n) is 10.4. The zero-order valence-corrected chi connectivity index (χ0v) is 20.8. The maximum Gasteiger partial charge on any atom is 0.242 e. The highest BCUT2D eigenvalue weighted by atomic mass is 35.5. The minimum Gasteiger partial charge on any atom is -0.352 e. The van der Waals surface area contributed by atoms with Gasteiger partial charge in [-0.25, -0.2) is 0 Å². The number of amides is 2. The summed E-state index contributed by atoms with van der Waals surface area (Å²) in [6, 6.07) is 12.8. The van der Waals surface area contributed by atoms with Crippen LogP contribution in [0.25, 0.3) is 0 Å². The summed E-state index contributed by atoms with van der Waals surface area (Å²) >= 11 is 13.7. The number of halogens is 2. The van der Waals surface area contributed by atoms with Gasteiger partial charge in [0, 0.05) is 28.4 Å². The number of benzene rings is 2. The second-order valence-corrected chi connectivity index (χ2v) is 9.50. The van der Waals surface area contributed by atoms with Gasteiger partial charge in [-0.3, -0.25) is 9.59 Å². The Bertz CT molecular complexity index is 907. The summed E-state index contributed by atoms with van der Waals surface area (Å²) in [6.07, 6.45) is 0.835. The van der Waals surface area contributed by atoms with E-state index in [0.717, 1.165) is 23.1 Å². The number of carbonyl (C=O) groups excluding carboxylic acids is 2. The Kier molecular flexibility index (Phi) is 10.2. The van der Waals surface area contributed by atoms with Crippen molar-refractivity contribution in [2.24, 2.45) is 0 Å². The van der Waals surface area contributed by atoms with Crippen LogP contribution in [0.4, 0.5) is 0 Å². The molecule has 0 unspecified atom stereocenters. The summed E-state index contributed by atoms with van der Waals surface area (Å²) < 4.78 is 0. The van der Waals surface area contributed by atoms with E-state index in [1.165, 1.54) is 11.8 Å². The molecule has 2 aromatic carbocycles. The fourth-order valence-electron chi connectivity index (χ4n) is 2.99. The van der Waals surface area contributed by atoms with Crippen molar-refractivity contribution in [3.63, 3.8) is 0 Å². The lowest BCUT2D eigenvalue weighted by molar-refractivity contribution is -0.138. The van der Waals surface area contributed by atoms with Crippen molar-refractivity contribution < 1.29 is 9.59 Å². The highest BCUT2D eigenvalue weighted by Crippen LogP contribution is 2.25. The summed E-state index contributed by atoms with van der Waals surface area (Å²) in [7, 11) is 0. The van der Waals surface area contributed by atoms with E-state index in [-0.39, 0.29) is 23.6 Å². The van der Waals surface area contributed by atoms with E-state index in [0.29, 0.717) is 22.3 Å². The lowest BCUT2D eigenvalue weighted by atomic mass is 10.1. The third-order valence-corrected chi connectivity index (χ3v) is 6.82. The van der Waals surface area contributed by atoms with E-state index in [2.05, 4.69) is 5.32 Å². The lowest BCUT2D eigenvalue weighted by Gasteiger charge is -2.30. The number of carbonyl (C=O) groups is 2. The standard InChI is InChI=1S/C24H30Cl2N2O2S/c1-5-17(3)27-24(30)18(4)28(13-19-9-7-6-8-16(19)2)23(29)15-31-14-20-10-11-21(25)12-22(20)26/h6-12,17-18H,5,13-15H2,1-4H3,(H,27,30)/t17-,18+/m0/s1. The molecule has 7 heteroatoms. The predicted octanol–water partition coefficient (Wildman–Crippen LogP) is 5.87. The predicted molar refractivity (Wildman–Crippen MR) is 132 cm³/mol. The summed E-state index contributed by atoms with van der Waals surface area (Å²) in [5.74, 6) is 0.631. The van der Waals surface area contributed by atoms with Crippen LogP contribution in [0.1, 0.15) is 43.9 Å². The van der Waals surface area contributed by atoms with Gasteiger partial charge in [-0.15, -0.1) is 11.8 Å². The highest BCUT2D eigenvalue weighted by Gasteiger charge is 2.27. The average molecular weight is 481 g/mol. The van der Waals surface area contributed by atoms with Crippen LogP contribution in [-0.2, 0) is 21.9 Å². The minimum atomic E-state index is -0.569. The van der Waals surface area contributed by atoms with Crippen LogP contribution in [-0.4, -0.2) is 34.6 Å². The Labute approximate surface area is 199 Å². The first-order chi connectivity index (χ1) is 14.7. The summed E-state index contributed by atoms with van der Waals surface area (Å²) in [5.41, 5.74) is 3.05. The molecule has 2 aromatic rings. The van der Waals surface area contributed by atoms with E-state index in [4.69, 9.17) is 23.2 Å². The Morgan fingerprint density at radius 1 is 1.10 bits per heavy atom. The van der Waals surface area contributed by atoms with Crippen molar-refractivity contribution in [3.05, 3.63) is 69.2 Å². The van der Waals surface area contributed by atoms with Gasteiger partial charge >= 0.3 is 0 Å². The van der Waals surface area contributed by atoms with Crippen molar-refractivity contribution in [2.45, 2.75) is 58.5 Å². The molecule has 0 saturated carbocycles. The molecule has 0 radical (unpaired) electrons. The third kappa shape index (κ3) is 7.74. The first kappa shape index (κ1) is 25.6. The zero-order valence-electron chi connectivity index (χ0n) is 18.5. The number of aryl methyl sites for hydroxylation is 1. The molecule has 2 amide bonds. The van der Waals surface area contributed by atoms with Crippen LogP contribution < -0.4 is 5.32 Å². The van der Waals surface area contributed by atoms with Crippen molar-refractivity contribution in [1.82, 2.24) is 10.2 Å². The van der Waals surface area contributed by atoms with E-state index < -0.39 is 6.04 Å². The molecular formula is C24H30Cl2N2O2S. The number of thioether (sulfide) groups is 1. The molecule has 0 spiro atoms. The van der Waals surface area contributed by atoms with Crippen LogP contribution in [0.15, 0.2) is 42.5 Å². The molecule has 1 N–H and O–H groups in total. The number of nitrogens with zero attached hydrogens (tertiary/aromatic N) is 1. The normalized spacial score (nSPS) is 12.8. The Balaban J connectivity index is 2.11. The molecule has 0 saturated heterocycles. The van der Waals surface area contributed by atoms with Gasteiger partial charge in [0.05, 0.1) is 5.75 Å². The van der Waals surface area contributed by atoms with E-state index >= 15 is 0 Å². The average Bonchev–Trinajstić information content (AvgIpc) is 2.73. The van der Waals surface area contributed by atoms with Gasteiger partial charge in [0.25, 0.3) is 0 Å². The molecule has 2 rings (SSSR count). The number of rotatable bonds is 10. The summed E-state index contributed by atoms with van der Waals surface area (Å²) in [6.45, 7) is 8.17. The van der Waals surface area contributed by atoms with Gasteiger partial charge < -0.3 is 10.2 Å². The topological polar surface area (TPSA) is 49.4 Å². The maximum atomic E-state index is 13.2. The van der Waals surface area contributed by atoms with Gasteiger partial charge in [-0.1, -0.05) is 60.5 Å². The number of hydrogen-bond donors (Lipinski definition) is 1. The second-order valence-electron chi connectivity index (χ2n) is 7.67. The van der Waals surface area contributed by atoms with Crippen molar-refractivity contribution in [3.8, 4) is 0 Å². The Morgan fingerprint density at radius 3 is 2.45 bits per heavy atom. The van der Waals surface area contributed by atoms with Crippen LogP contribution in [0.5, 0.6) is 0 Å². The SMILES string of the molecule is CC[C@H](C)NC(=O)[C@@H](C)N(Cc1ccccc1C)C(=O)CSCc1ccc(Cl)cc1Cl. The van der Waals surface area contributed by atoms with Gasteiger partial charge in [0.1, 0.15) is 6.04 Å². The minimum absolute atomic E-state index is 0.0618. The second kappa shape index (κ2) is 12.4. The monoisotopic (exact) mass is 480 g/mol. The molecule has 0 aliphatic carbocycles. The first-order valence-corrected chi connectivity index (χ1v) is 12.3. The molecule has 2 atom stereocenters. The quantitative estimate of drug-likeness (QED) is 0.462. The van der Waals surface area contributed by atoms with Crippen LogP contribution >= 0.6 is 35.0 Å². The summed E-state index contributed by atoms with van der Waals surface area (Å²) in [4.78, 5) is 27.6. The molecule has 0 heterocycles. The van der Waals surface area contributed by atoms with E-state index in [1.807, 2.05) is 51.1 Å². The van der Waals surface area contributed by atoms with E-state index in [1.54, 1.807) is 24.0 Å². The zero-order chi connectivity index (χ0) is 23.0. The molecule has 0 fully saturated rings. The fraction of sp³-hybridized carbons (Fsp3) is 0.417. The largest absolute Gasteiger partial charge is 0.352 e. The van der Waals surface area contributed by atoms with Crippen molar-refractivity contribution >= 4 is 46.8 Å². The lowest BCUT2D eigenvalue weighted by Crippen LogP contribution is -2.50. The van der Waals surface area contributed by atoms with E-state index in [9.17, 15) is 9.59 Å². The van der Waals surface area contributed by atoms with Crippen molar-refractivity contribution in [1.29, 1.82) is 0 Å². The molecule has 4 nitrogen and oxygen atoms in total. The van der Waals surface area contributed by atoms with Crippen LogP contribution in [0, 0.1) is 6.92 Å². The molecule has 31 heavy (non-hydrogen) atoms. The number of hydrogen-bond acceptors (Lipinski definition) is 3. The molecule has 0 bridgehead atoms. The molecule has 0 aromatic heterocycles. The molecule has 168 valence electrons. The van der Waals surface area contributed by atoms with Gasteiger partial charge in [0.15, 0.2) is 0 Å². The van der Waals surface area contributed by atoms with Crippen molar-refractivity contribution in [2.75, 3.05) is 5.75 Å². The highest BCUT2D eigenvalue weighted by molar-refractivity contribution is 7.99. The maximum absolute atomic E-state index is 13.2. The molecule has 0 aliphatic heterocycles. The molecular weight excluding hydrogens is 451 g/mol. The van der Waals surface area contributed by atoms with Crippen LogP contribution in [0.2, 0.25) is 10.0 Å². The van der Waals surface area contributed by atoms with Gasteiger partial charge in [-0.2, -0.15) is 0 Å².